The minimum Gasteiger partial charge on any atom is -0.446 e. The summed E-state index contributed by atoms with van der Waals surface area (Å²) in [6.45, 7) is 10.2. The Labute approximate surface area is 166 Å². The molecule has 0 radical (unpaired) electrons. The van der Waals surface area contributed by atoms with Gasteiger partial charge < -0.3 is 15.4 Å². The van der Waals surface area contributed by atoms with Crippen molar-refractivity contribution >= 4 is 17.9 Å². The highest BCUT2D eigenvalue weighted by atomic mass is 16.6. The summed E-state index contributed by atoms with van der Waals surface area (Å²) in [5, 5.41) is 10.7. The summed E-state index contributed by atoms with van der Waals surface area (Å²) in [6, 6.07) is 3.90. The second kappa shape index (κ2) is 8.16. The smallest absolute Gasteiger partial charge is 0.407 e. The van der Waals surface area contributed by atoms with E-state index in [0.29, 0.717) is 5.95 Å². The SMILES string of the molecule is CC(C)NC(=O)O[C@H]1CC[C@@H](c2cc(Nc3ncccn3)nn2C(C)(C)C)C1. The Hall–Kier alpha value is -2.64. The second-order valence-electron chi connectivity index (χ2n) is 8.57. The molecule has 0 aromatic carbocycles. The molecule has 1 aliphatic rings. The third-order valence-corrected chi connectivity index (χ3v) is 4.66. The molecular weight excluding hydrogens is 356 g/mol. The van der Waals surface area contributed by atoms with E-state index in [9.17, 15) is 4.79 Å². The Morgan fingerprint density at radius 1 is 1.25 bits per heavy atom. The van der Waals surface area contributed by atoms with Gasteiger partial charge in [-0.05, 0) is 59.9 Å². The predicted octanol–water partition coefficient (Wildman–Crippen LogP) is 3.94. The molecule has 1 saturated carbocycles. The Balaban J connectivity index is 1.74. The lowest BCUT2D eigenvalue weighted by Crippen LogP contribution is -2.33. The first-order valence-electron chi connectivity index (χ1n) is 9.84. The van der Waals surface area contributed by atoms with Crippen molar-refractivity contribution in [2.24, 2.45) is 0 Å². The summed E-state index contributed by atoms with van der Waals surface area (Å²) in [6.07, 6.45) is 5.60. The number of aromatic nitrogens is 4. The number of carbonyl (C=O) groups is 1. The van der Waals surface area contributed by atoms with E-state index in [-0.39, 0.29) is 29.7 Å². The number of nitrogens with one attached hydrogen (secondary N) is 2. The highest BCUT2D eigenvalue weighted by Crippen LogP contribution is 2.38. The van der Waals surface area contributed by atoms with Gasteiger partial charge in [-0.1, -0.05) is 0 Å². The Kier molecular flexibility index (Phi) is 5.86. The monoisotopic (exact) mass is 386 g/mol. The number of ether oxygens (including phenoxy) is 1. The van der Waals surface area contributed by atoms with E-state index in [0.717, 1.165) is 30.8 Å². The molecule has 2 N–H and O–H groups in total. The van der Waals surface area contributed by atoms with E-state index in [1.807, 2.05) is 13.8 Å². The van der Waals surface area contributed by atoms with Crippen LogP contribution in [0.3, 0.4) is 0 Å². The first-order chi connectivity index (χ1) is 13.2. The van der Waals surface area contributed by atoms with Crippen LogP contribution in [0.2, 0.25) is 0 Å². The average molecular weight is 387 g/mol. The van der Waals surface area contributed by atoms with Gasteiger partial charge in [0.05, 0.1) is 5.54 Å². The maximum Gasteiger partial charge on any atom is 0.407 e. The van der Waals surface area contributed by atoms with Gasteiger partial charge in [-0.2, -0.15) is 5.10 Å². The van der Waals surface area contributed by atoms with Gasteiger partial charge in [0.15, 0.2) is 5.82 Å². The number of hydrogen-bond acceptors (Lipinski definition) is 6. The lowest BCUT2D eigenvalue weighted by Gasteiger charge is -2.24. The molecule has 0 spiro atoms. The van der Waals surface area contributed by atoms with Crippen LogP contribution in [-0.4, -0.2) is 38.0 Å². The average Bonchev–Trinajstić information content (AvgIpc) is 3.21. The molecule has 0 bridgehead atoms. The summed E-state index contributed by atoms with van der Waals surface area (Å²) in [5.74, 6) is 1.53. The van der Waals surface area contributed by atoms with Crippen LogP contribution < -0.4 is 10.6 Å². The Morgan fingerprint density at radius 3 is 2.61 bits per heavy atom. The van der Waals surface area contributed by atoms with Crippen molar-refractivity contribution in [1.82, 2.24) is 25.1 Å². The van der Waals surface area contributed by atoms with Crippen molar-refractivity contribution in [3.8, 4) is 0 Å². The predicted molar refractivity (Wildman–Crippen MR) is 108 cm³/mol. The summed E-state index contributed by atoms with van der Waals surface area (Å²) in [7, 11) is 0. The molecule has 1 aliphatic carbocycles. The van der Waals surface area contributed by atoms with Crippen LogP contribution >= 0.6 is 0 Å². The molecule has 28 heavy (non-hydrogen) atoms. The van der Waals surface area contributed by atoms with Crippen LogP contribution in [0.25, 0.3) is 0 Å². The van der Waals surface area contributed by atoms with E-state index >= 15 is 0 Å². The van der Waals surface area contributed by atoms with Gasteiger partial charge in [0, 0.05) is 36.1 Å². The minimum atomic E-state index is -0.339. The highest BCUT2D eigenvalue weighted by Gasteiger charge is 2.33. The fourth-order valence-corrected chi connectivity index (χ4v) is 3.50. The third kappa shape index (κ3) is 4.99. The molecular formula is C20H30N6O2. The minimum absolute atomic E-state index is 0.0686. The highest BCUT2D eigenvalue weighted by molar-refractivity contribution is 5.67. The van der Waals surface area contributed by atoms with Crippen LogP contribution in [0.4, 0.5) is 16.6 Å². The molecule has 2 aromatic heterocycles. The fourth-order valence-electron chi connectivity index (χ4n) is 3.50. The maximum atomic E-state index is 11.9. The first-order valence-corrected chi connectivity index (χ1v) is 9.84. The number of amides is 1. The summed E-state index contributed by atoms with van der Waals surface area (Å²) in [4.78, 5) is 20.3. The molecule has 152 valence electrons. The zero-order chi connectivity index (χ0) is 20.3. The number of carbonyl (C=O) groups excluding carboxylic acids is 1. The van der Waals surface area contributed by atoms with Gasteiger partial charge in [0.1, 0.15) is 6.10 Å². The first kappa shape index (κ1) is 20.1. The zero-order valence-electron chi connectivity index (χ0n) is 17.3. The van der Waals surface area contributed by atoms with Crippen LogP contribution in [0.1, 0.15) is 65.5 Å². The van der Waals surface area contributed by atoms with Gasteiger partial charge >= 0.3 is 6.09 Å². The van der Waals surface area contributed by atoms with Crippen molar-refractivity contribution in [2.45, 2.75) is 77.5 Å². The number of rotatable bonds is 5. The second-order valence-corrected chi connectivity index (χ2v) is 8.57. The number of alkyl carbamates (subject to hydrolysis) is 1. The summed E-state index contributed by atoms with van der Waals surface area (Å²) < 4.78 is 7.64. The molecule has 2 aromatic rings. The van der Waals surface area contributed by atoms with Crippen molar-refractivity contribution in [3.63, 3.8) is 0 Å². The van der Waals surface area contributed by atoms with Gasteiger partial charge in [0.2, 0.25) is 5.95 Å². The van der Waals surface area contributed by atoms with Gasteiger partial charge in [-0.15, -0.1) is 0 Å². The number of hydrogen-bond donors (Lipinski definition) is 2. The van der Waals surface area contributed by atoms with Crippen molar-refractivity contribution < 1.29 is 9.53 Å². The van der Waals surface area contributed by atoms with Gasteiger partial charge in [-0.25, -0.2) is 14.8 Å². The lowest BCUT2D eigenvalue weighted by atomic mass is 10.0. The zero-order valence-corrected chi connectivity index (χ0v) is 17.3. The normalized spacial score (nSPS) is 19.6. The van der Waals surface area contributed by atoms with Crippen LogP contribution in [0, 0.1) is 0 Å². The summed E-state index contributed by atoms with van der Waals surface area (Å²) >= 11 is 0. The van der Waals surface area contributed by atoms with Gasteiger partial charge in [-0.3, -0.25) is 4.68 Å². The topological polar surface area (TPSA) is 94.0 Å². The summed E-state index contributed by atoms with van der Waals surface area (Å²) in [5.41, 5.74) is 0.974. The quantitative estimate of drug-likeness (QED) is 0.808. The van der Waals surface area contributed by atoms with Crippen LogP contribution in [0.15, 0.2) is 24.5 Å². The molecule has 3 rings (SSSR count). The van der Waals surface area contributed by atoms with E-state index in [2.05, 4.69) is 52.1 Å². The largest absolute Gasteiger partial charge is 0.446 e. The Bertz CT molecular complexity index is 797. The molecule has 0 saturated heterocycles. The fraction of sp³-hybridized carbons (Fsp3) is 0.600. The van der Waals surface area contributed by atoms with Crippen molar-refractivity contribution in [3.05, 3.63) is 30.2 Å². The molecule has 8 nitrogen and oxygen atoms in total. The van der Waals surface area contributed by atoms with Crippen LogP contribution in [0.5, 0.6) is 0 Å². The van der Waals surface area contributed by atoms with E-state index < -0.39 is 0 Å². The van der Waals surface area contributed by atoms with Gasteiger partial charge in [0.25, 0.3) is 0 Å². The third-order valence-electron chi connectivity index (χ3n) is 4.66. The molecule has 8 heteroatoms. The van der Waals surface area contributed by atoms with E-state index in [1.54, 1.807) is 18.5 Å². The Morgan fingerprint density at radius 2 is 1.96 bits per heavy atom. The van der Waals surface area contributed by atoms with Crippen molar-refractivity contribution in [1.29, 1.82) is 0 Å². The van der Waals surface area contributed by atoms with E-state index in [1.165, 1.54) is 0 Å². The molecule has 2 heterocycles. The lowest BCUT2D eigenvalue weighted by molar-refractivity contribution is 0.0979. The number of nitrogens with zero attached hydrogens (tertiary/aromatic N) is 4. The molecule has 0 unspecified atom stereocenters. The number of anilines is 2. The molecule has 2 atom stereocenters. The molecule has 1 amide bonds. The van der Waals surface area contributed by atoms with Crippen molar-refractivity contribution in [2.75, 3.05) is 5.32 Å². The van der Waals surface area contributed by atoms with E-state index in [4.69, 9.17) is 9.84 Å². The maximum absolute atomic E-state index is 11.9. The van der Waals surface area contributed by atoms with Crippen LogP contribution in [-0.2, 0) is 10.3 Å². The molecule has 0 aliphatic heterocycles. The standard InChI is InChI=1S/C20H30N6O2/c1-13(2)23-19(27)28-15-8-7-14(11-15)16-12-17(25-26(16)20(3,4)5)24-18-21-9-6-10-22-18/h6,9-10,12-15H,7-8,11H2,1-5H3,(H,23,27)(H,21,22,24,25)/t14-,15+/m1/s1. The molecule has 1 fully saturated rings.